The van der Waals surface area contributed by atoms with E-state index in [0.29, 0.717) is 6.73 Å². The standard InChI is InChI=1S/C26H40N2O2Si/c1-25(2,3)31(7,8)30-19-28-17-16-26(4,5)22-10-9-11-23(24(22)28)27-18-20-12-14-21(29-6)15-13-20/h9-15,27H,16-19H2,1-8H3. The number of nitrogens with one attached hydrogen (secondary N) is 1. The molecule has 1 aliphatic heterocycles. The summed E-state index contributed by atoms with van der Waals surface area (Å²) < 4.78 is 11.9. The fraction of sp³-hybridized carbons (Fsp3) is 0.538. The first-order valence-corrected chi connectivity index (χ1v) is 14.2. The molecule has 0 unspecified atom stereocenters. The third-order valence-electron chi connectivity index (χ3n) is 7.12. The highest BCUT2D eigenvalue weighted by molar-refractivity contribution is 6.74. The Kier molecular flexibility index (Phi) is 6.77. The predicted molar refractivity (Wildman–Crippen MR) is 135 cm³/mol. The average molecular weight is 441 g/mol. The molecule has 0 aromatic heterocycles. The monoisotopic (exact) mass is 440 g/mol. The van der Waals surface area contributed by atoms with E-state index in [1.807, 2.05) is 12.1 Å². The van der Waals surface area contributed by atoms with Gasteiger partial charge in [0, 0.05) is 13.1 Å². The van der Waals surface area contributed by atoms with Crippen LogP contribution in [0.5, 0.6) is 5.75 Å². The Morgan fingerprint density at radius 3 is 2.35 bits per heavy atom. The number of benzene rings is 2. The molecule has 5 heteroatoms. The molecule has 3 rings (SSSR count). The van der Waals surface area contributed by atoms with Crippen LogP contribution in [0.4, 0.5) is 11.4 Å². The van der Waals surface area contributed by atoms with Crippen molar-refractivity contribution in [2.45, 2.75) is 71.1 Å². The summed E-state index contributed by atoms with van der Waals surface area (Å²) >= 11 is 0. The molecular formula is C26H40N2O2Si. The second kappa shape index (κ2) is 8.87. The van der Waals surface area contributed by atoms with Gasteiger partial charge in [0.1, 0.15) is 12.5 Å². The highest BCUT2D eigenvalue weighted by atomic mass is 28.4. The van der Waals surface area contributed by atoms with Gasteiger partial charge in [-0.05, 0) is 59.3 Å². The van der Waals surface area contributed by atoms with Crippen LogP contribution in [0, 0.1) is 0 Å². The van der Waals surface area contributed by atoms with Crippen LogP contribution in [0.2, 0.25) is 18.1 Å². The molecule has 1 aliphatic rings. The topological polar surface area (TPSA) is 33.7 Å². The molecule has 0 saturated carbocycles. The van der Waals surface area contributed by atoms with Crippen LogP contribution in [0.25, 0.3) is 0 Å². The Morgan fingerprint density at radius 2 is 1.74 bits per heavy atom. The number of ether oxygens (including phenoxy) is 1. The SMILES string of the molecule is COc1ccc(CNc2cccc3c2N(CO[Si](C)(C)C(C)(C)C)CCC3(C)C)cc1. The number of fused-ring (bicyclic) bond motifs is 1. The zero-order chi connectivity index (χ0) is 22.9. The summed E-state index contributed by atoms with van der Waals surface area (Å²) in [5.74, 6) is 0.886. The van der Waals surface area contributed by atoms with Gasteiger partial charge in [0.25, 0.3) is 0 Å². The summed E-state index contributed by atoms with van der Waals surface area (Å²) in [6, 6.07) is 14.9. The number of hydrogen-bond donors (Lipinski definition) is 1. The average Bonchev–Trinajstić information content (AvgIpc) is 2.71. The third kappa shape index (κ3) is 5.26. The van der Waals surface area contributed by atoms with Crippen molar-refractivity contribution in [3.8, 4) is 5.75 Å². The summed E-state index contributed by atoms with van der Waals surface area (Å²) in [7, 11) is -0.117. The predicted octanol–water partition coefficient (Wildman–Crippen LogP) is 6.77. The lowest BCUT2D eigenvalue weighted by Gasteiger charge is -2.44. The van der Waals surface area contributed by atoms with Crippen molar-refractivity contribution in [1.82, 2.24) is 0 Å². The van der Waals surface area contributed by atoms with Gasteiger partial charge in [0.15, 0.2) is 8.32 Å². The molecule has 2 aromatic rings. The molecule has 0 fully saturated rings. The Bertz CT molecular complexity index is 885. The molecule has 1 N–H and O–H groups in total. The molecule has 0 aliphatic carbocycles. The maximum atomic E-state index is 6.62. The lowest BCUT2D eigenvalue weighted by atomic mass is 9.77. The first kappa shape index (κ1) is 23.7. The van der Waals surface area contributed by atoms with Crippen molar-refractivity contribution in [3.63, 3.8) is 0 Å². The van der Waals surface area contributed by atoms with Crippen LogP contribution in [0.3, 0.4) is 0 Å². The fourth-order valence-electron chi connectivity index (χ4n) is 3.76. The van der Waals surface area contributed by atoms with E-state index in [1.165, 1.54) is 22.5 Å². The van der Waals surface area contributed by atoms with Crippen molar-refractivity contribution in [2.24, 2.45) is 0 Å². The zero-order valence-electron chi connectivity index (χ0n) is 20.6. The Labute approximate surface area is 190 Å². The molecule has 31 heavy (non-hydrogen) atoms. The van der Waals surface area contributed by atoms with Crippen molar-refractivity contribution in [1.29, 1.82) is 0 Å². The van der Waals surface area contributed by atoms with Gasteiger partial charge in [-0.15, -0.1) is 0 Å². The molecule has 170 valence electrons. The van der Waals surface area contributed by atoms with Gasteiger partial charge in [0.05, 0.1) is 18.5 Å². The molecule has 2 aromatic carbocycles. The summed E-state index contributed by atoms with van der Waals surface area (Å²) in [5.41, 5.74) is 5.27. The van der Waals surface area contributed by atoms with E-state index >= 15 is 0 Å². The summed E-state index contributed by atoms with van der Waals surface area (Å²) in [5, 5.41) is 3.90. The van der Waals surface area contributed by atoms with E-state index in [2.05, 4.69) is 88.3 Å². The minimum absolute atomic E-state index is 0.153. The minimum atomic E-state index is -1.82. The summed E-state index contributed by atoms with van der Waals surface area (Å²) in [6.45, 7) is 18.7. The first-order valence-electron chi connectivity index (χ1n) is 11.3. The minimum Gasteiger partial charge on any atom is -0.497 e. The van der Waals surface area contributed by atoms with Crippen LogP contribution in [-0.4, -0.2) is 28.7 Å². The van der Waals surface area contributed by atoms with Gasteiger partial charge in [0.2, 0.25) is 0 Å². The van der Waals surface area contributed by atoms with Crippen LogP contribution < -0.4 is 15.0 Å². The molecule has 0 bridgehead atoms. The summed E-state index contributed by atoms with van der Waals surface area (Å²) in [6.07, 6.45) is 1.13. The van der Waals surface area contributed by atoms with Gasteiger partial charge in [-0.1, -0.05) is 58.9 Å². The number of para-hydroxylation sites is 1. The Balaban J connectivity index is 1.85. The maximum Gasteiger partial charge on any atom is 0.194 e. The van der Waals surface area contributed by atoms with Crippen LogP contribution in [-0.2, 0) is 16.4 Å². The van der Waals surface area contributed by atoms with Crippen LogP contribution in [0.1, 0.15) is 52.2 Å². The fourth-order valence-corrected chi connectivity index (χ4v) is 4.67. The number of rotatable bonds is 7. The third-order valence-corrected chi connectivity index (χ3v) is 11.6. The van der Waals surface area contributed by atoms with E-state index in [9.17, 15) is 0 Å². The van der Waals surface area contributed by atoms with E-state index in [1.54, 1.807) is 7.11 Å². The van der Waals surface area contributed by atoms with Crippen LogP contribution >= 0.6 is 0 Å². The first-order chi connectivity index (χ1) is 14.4. The number of anilines is 2. The van der Waals surface area contributed by atoms with Gasteiger partial charge in [-0.2, -0.15) is 0 Å². The summed E-state index contributed by atoms with van der Waals surface area (Å²) in [4.78, 5) is 2.44. The van der Waals surface area contributed by atoms with Crippen molar-refractivity contribution in [2.75, 3.05) is 30.6 Å². The molecule has 0 saturated heterocycles. The quantitative estimate of drug-likeness (QED) is 0.481. The van der Waals surface area contributed by atoms with E-state index in [4.69, 9.17) is 9.16 Å². The molecule has 1 heterocycles. The number of nitrogens with zero attached hydrogens (tertiary/aromatic N) is 1. The molecule has 0 spiro atoms. The second-order valence-electron chi connectivity index (χ2n) is 10.8. The largest absolute Gasteiger partial charge is 0.497 e. The van der Waals surface area contributed by atoms with Gasteiger partial charge in [-0.25, -0.2) is 0 Å². The van der Waals surface area contributed by atoms with Crippen molar-refractivity contribution in [3.05, 3.63) is 53.6 Å². The van der Waals surface area contributed by atoms with Crippen molar-refractivity contribution >= 4 is 19.7 Å². The zero-order valence-corrected chi connectivity index (χ0v) is 21.6. The van der Waals surface area contributed by atoms with Gasteiger partial charge in [-0.3, -0.25) is 0 Å². The molecule has 0 radical (unpaired) electrons. The number of methoxy groups -OCH3 is 1. The van der Waals surface area contributed by atoms with E-state index in [0.717, 1.165) is 25.3 Å². The molecular weight excluding hydrogens is 400 g/mol. The lowest BCUT2D eigenvalue weighted by Crippen LogP contribution is -2.46. The van der Waals surface area contributed by atoms with E-state index < -0.39 is 8.32 Å². The molecule has 0 atom stereocenters. The molecule has 0 amide bonds. The van der Waals surface area contributed by atoms with Gasteiger partial charge >= 0.3 is 0 Å². The lowest BCUT2D eigenvalue weighted by molar-refractivity contribution is 0.275. The number of hydrogen-bond acceptors (Lipinski definition) is 4. The normalized spacial score (nSPS) is 16.1. The van der Waals surface area contributed by atoms with E-state index in [-0.39, 0.29) is 10.5 Å². The Morgan fingerprint density at radius 1 is 1.06 bits per heavy atom. The highest BCUT2D eigenvalue weighted by Gasteiger charge is 2.39. The molecule has 4 nitrogen and oxygen atoms in total. The van der Waals surface area contributed by atoms with Gasteiger partial charge < -0.3 is 19.4 Å². The maximum absolute atomic E-state index is 6.62. The van der Waals surface area contributed by atoms with Crippen LogP contribution in [0.15, 0.2) is 42.5 Å². The highest BCUT2D eigenvalue weighted by Crippen LogP contribution is 2.44. The second-order valence-corrected chi connectivity index (χ2v) is 15.6. The van der Waals surface area contributed by atoms with Crippen molar-refractivity contribution < 1.29 is 9.16 Å². The Hall–Kier alpha value is -1.98. The smallest absolute Gasteiger partial charge is 0.194 e.